The Labute approximate surface area is 184 Å². The van der Waals surface area contributed by atoms with Crippen molar-refractivity contribution in [3.05, 3.63) is 129 Å². The number of nitrogens with zero attached hydrogens (tertiary/aromatic N) is 4. The first-order chi connectivity index (χ1) is 15.6. The van der Waals surface area contributed by atoms with Crippen molar-refractivity contribution in [3.8, 4) is 5.69 Å². The lowest BCUT2D eigenvalue weighted by atomic mass is 10.2. The van der Waals surface area contributed by atoms with Gasteiger partial charge < -0.3 is 4.57 Å². The molecule has 0 aliphatic carbocycles. The number of para-hydroxylation sites is 1. The van der Waals surface area contributed by atoms with Crippen LogP contribution in [0.4, 0.5) is 0 Å². The minimum absolute atomic E-state index is 0.191. The van der Waals surface area contributed by atoms with E-state index in [4.69, 9.17) is 0 Å². The SMILES string of the molecule is Cc1ccccc1-n1c(=O)n(Cc2ccccc2)c(=O)c2c1ncn2Cc1ccccc1. The number of aromatic nitrogens is 4. The topological polar surface area (TPSA) is 61.8 Å². The molecule has 0 aliphatic rings. The van der Waals surface area contributed by atoms with Crippen molar-refractivity contribution in [1.29, 1.82) is 0 Å². The van der Waals surface area contributed by atoms with Gasteiger partial charge in [-0.2, -0.15) is 0 Å². The van der Waals surface area contributed by atoms with E-state index in [0.717, 1.165) is 16.7 Å². The molecule has 5 rings (SSSR count). The van der Waals surface area contributed by atoms with Crippen LogP contribution in [0.2, 0.25) is 0 Å². The van der Waals surface area contributed by atoms with Crippen LogP contribution in [-0.4, -0.2) is 18.7 Å². The van der Waals surface area contributed by atoms with Crippen LogP contribution in [0.3, 0.4) is 0 Å². The fraction of sp³-hybridized carbons (Fsp3) is 0.115. The average Bonchev–Trinajstić information content (AvgIpc) is 3.22. The third-order valence-corrected chi connectivity index (χ3v) is 5.64. The van der Waals surface area contributed by atoms with Crippen molar-refractivity contribution in [2.24, 2.45) is 0 Å². The van der Waals surface area contributed by atoms with Gasteiger partial charge in [-0.1, -0.05) is 78.9 Å². The molecule has 0 spiro atoms. The molecule has 0 amide bonds. The van der Waals surface area contributed by atoms with Crippen molar-refractivity contribution < 1.29 is 0 Å². The van der Waals surface area contributed by atoms with E-state index in [1.54, 1.807) is 10.9 Å². The van der Waals surface area contributed by atoms with Crippen molar-refractivity contribution in [2.45, 2.75) is 20.0 Å². The number of benzene rings is 3. The first kappa shape index (κ1) is 19.8. The third-order valence-electron chi connectivity index (χ3n) is 5.64. The first-order valence-corrected chi connectivity index (χ1v) is 10.5. The Morgan fingerprint density at radius 2 is 1.34 bits per heavy atom. The number of imidazole rings is 1. The molecule has 0 saturated carbocycles. The highest BCUT2D eigenvalue weighted by atomic mass is 16.2. The summed E-state index contributed by atoms with van der Waals surface area (Å²) in [5.74, 6) is 0. The molecule has 0 bridgehead atoms. The molecule has 32 heavy (non-hydrogen) atoms. The summed E-state index contributed by atoms with van der Waals surface area (Å²) in [6.45, 7) is 2.63. The molecule has 5 aromatic rings. The van der Waals surface area contributed by atoms with E-state index in [1.807, 2.05) is 96.4 Å². The van der Waals surface area contributed by atoms with Crippen LogP contribution < -0.4 is 11.2 Å². The largest absolute Gasteiger partial charge is 0.337 e. The van der Waals surface area contributed by atoms with E-state index in [0.29, 0.717) is 23.4 Å². The minimum atomic E-state index is -0.398. The van der Waals surface area contributed by atoms with Crippen LogP contribution in [0, 0.1) is 6.92 Å². The van der Waals surface area contributed by atoms with Gasteiger partial charge in [0.05, 0.1) is 18.6 Å². The molecular weight excluding hydrogens is 400 g/mol. The zero-order valence-corrected chi connectivity index (χ0v) is 17.7. The molecule has 0 aliphatic heterocycles. The van der Waals surface area contributed by atoms with Gasteiger partial charge >= 0.3 is 5.69 Å². The summed E-state index contributed by atoms with van der Waals surface area (Å²) in [6, 6.07) is 27.1. The van der Waals surface area contributed by atoms with E-state index < -0.39 is 5.69 Å². The quantitative estimate of drug-likeness (QED) is 0.433. The van der Waals surface area contributed by atoms with Crippen molar-refractivity contribution in [1.82, 2.24) is 18.7 Å². The van der Waals surface area contributed by atoms with Crippen LogP contribution >= 0.6 is 0 Å². The molecule has 2 heterocycles. The van der Waals surface area contributed by atoms with Gasteiger partial charge in [0.2, 0.25) is 0 Å². The fourth-order valence-corrected chi connectivity index (χ4v) is 4.02. The molecule has 0 N–H and O–H groups in total. The van der Waals surface area contributed by atoms with Gasteiger partial charge in [0, 0.05) is 6.54 Å². The standard InChI is InChI=1S/C26H22N4O2/c1-19-10-8-9-15-22(19)30-24-23(28(18-27-24)16-20-11-4-2-5-12-20)25(31)29(26(30)32)17-21-13-6-3-7-14-21/h2-15,18H,16-17H2,1H3. The molecule has 0 fully saturated rings. The van der Waals surface area contributed by atoms with Crippen LogP contribution in [0.25, 0.3) is 16.9 Å². The van der Waals surface area contributed by atoms with E-state index in [1.165, 1.54) is 4.57 Å². The lowest BCUT2D eigenvalue weighted by Crippen LogP contribution is -2.40. The fourth-order valence-electron chi connectivity index (χ4n) is 4.02. The normalized spacial score (nSPS) is 11.2. The highest BCUT2D eigenvalue weighted by molar-refractivity contribution is 5.73. The smallest absolute Gasteiger partial charge is 0.320 e. The lowest BCUT2D eigenvalue weighted by Gasteiger charge is -2.14. The monoisotopic (exact) mass is 422 g/mol. The minimum Gasteiger partial charge on any atom is -0.320 e. The molecule has 0 saturated heterocycles. The number of aryl methyl sites for hydroxylation is 1. The van der Waals surface area contributed by atoms with Gasteiger partial charge in [-0.25, -0.2) is 14.3 Å². The molecule has 2 aromatic heterocycles. The van der Waals surface area contributed by atoms with Gasteiger partial charge in [0.25, 0.3) is 5.56 Å². The molecule has 3 aromatic carbocycles. The van der Waals surface area contributed by atoms with Gasteiger partial charge in [-0.3, -0.25) is 9.36 Å². The molecule has 0 atom stereocenters. The van der Waals surface area contributed by atoms with Crippen LogP contribution in [-0.2, 0) is 13.1 Å². The number of fused-ring (bicyclic) bond motifs is 1. The van der Waals surface area contributed by atoms with Crippen molar-refractivity contribution in [2.75, 3.05) is 0 Å². The maximum absolute atomic E-state index is 13.6. The average molecular weight is 422 g/mol. The molecule has 158 valence electrons. The van der Waals surface area contributed by atoms with E-state index in [9.17, 15) is 9.59 Å². The Morgan fingerprint density at radius 1 is 0.750 bits per heavy atom. The van der Waals surface area contributed by atoms with E-state index in [-0.39, 0.29) is 12.1 Å². The summed E-state index contributed by atoms with van der Waals surface area (Å²) in [4.78, 5) is 31.7. The second-order valence-electron chi connectivity index (χ2n) is 7.81. The van der Waals surface area contributed by atoms with Gasteiger partial charge in [-0.05, 0) is 29.7 Å². The van der Waals surface area contributed by atoms with Crippen LogP contribution in [0.5, 0.6) is 0 Å². The van der Waals surface area contributed by atoms with Gasteiger partial charge in [-0.15, -0.1) is 0 Å². The molecule has 6 heteroatoms. The summed E-state index contributed by atoms with van der Waals surface area (Å²) in [5.41, 5.74) is 3.62. The maximum atomic E-state index is 13.6. The summed E-state index contributed by atoms with van der Waals surface area (Å²) >= 11 is 0. The zero-order chi connectivity index (χ0) is 22.1. The Hall–Kier alpha value is -4.19. The summed E-state index contributed by atoms with van der Waals surface area (Å²) in [7, 11) is 0. The van der Waals surface area contributed by atoms with E-state index in [2.05, 4.69) is 4.98 Å². The Kier molecular flexibility index (Phi) is 5.03. The summed E-state index contributed by atoms with van der Waals surface area (Å²) in [6.07, 6.45) is 1.64. The second kappa shape index (κ2) is 8.15. The van der Waals surface area contributed by atoms with Crippen LogP contribution in [0.1, 0.15) is 16.7 Å². The highest BCUT2D eigenvalue weighted by Gasteiger charge is 2.20. The predicted molar refractivity (Wildman–Crippen MR) is 125 cm³/mol. The highest BCUT2D eigenvalue weighted by Crippen LogP contribution is 2.17. The number of rotatable bonds is 5. The lowest BCUT2D eigenvalue weighted by molar-refractivity contribution is 0.676. The van der Waals surface area contributed by atoms with Crippen LogP contribution in [0.15, 0.2) is 101 Å². The summed E-state index contributed by atoms with van der Waals surface area (Å²) in [5, 5.41) is 0. The molecule has 6 nitrogen and oxygen atoms in total. The van der Waals surface area contributed by atoms with Crippen molar-refractivity contribution in [3.63, 3.8) is 0 Å². The second-order valence-corrected chi connectivity index (χ2v) is 7.81. The Morgan fingerprint density at radius 3 is 2.00 bits per heavy atom. The third kappa shape index (κ3) is 3.46. The predicted octanol–water partition coefficient (Wildman–Crippen LogP) is 3.75. The maximum Gasteiger partial charge on any atom is 0.337 e. The van der Waals surface area contributed by atoms with Gasteiger partial charge in [0.1, 0.15) is 0 Å². The Balaban J connectivity index is 1.79. The Bertz CT molecular complexity index is 1510. The molecule has 0 radical (unpaired) electrons. The van der Waals surface area contributed by atoms with E-state index >= 15 is 0 Å². The number of hydrogen-bond donors (Lipinski definition) is 0. The zero-order valence-electron chi connectivity index (χ0n) is 17.7. The van der Waals surface area contributed by atoms with Crippen molar-refractivity contribution >= 4 is 11.2 Å². The van der Waals surface area contributed by atoms with Gasteiger partial charge in [0.15, 0.2) is 11.2 Å². The first-order valence-electron chi connectivity index (χ1n) is 10.5. The number of hydrogen-bond acceptors (Lipinski definition) is 3. The molecule has 0 unspecified atom stereocenters. The summed E-state index contributed by atoms with van der Waals surface area (Å²) < 4.78 is 4.67. The molecular formula is C26H22N4O2.